The zero-order valence-electron chi connectivity index (χ0n) is 9.69. The van der Waals surface area contributed by atoms with Crippen molar-refractivity contribution >= 4 is 15.8 Å². The number of carbonyl (C=O) groups excluding carboxylic acids is 1. The van der Waals surface area contributed by atoms with Gasteiger partial charge >= 0.3 is 11.9 Å². The number of ether oxygens (including phenoxy) is 1. The molecule has 0 spiro atoms. The summed E-state index contributed by atoms with van der Waals surface area (Å²) in [6.45, 7) is 0.287. The van der Waals surface area contributed by atoms with Gasteiger partial charge in [0.25, 0.3) is 0 Å². The van der Waals surface area contributed by atoms with E-state index in [1.807, 2.05) is 0 Å². The molecule has 5 nitrogen and oxygen atoms in total. The summed E-state index contributed by atoms with van der Waals surface area (Å²) < 4.78 is 53.2. The Balaban J connectivity index is 1.76. The van der Waals surface area contributed by atoms with Gasteiger partial charge in [-0.1, -0.05) is 0 Å². The highest BCUT2D eigenvalue weighted by atomic mass is 32.2. The molecule has 0 radical (unpaired) electrons. The van der Waals surface area contributed by atoms with Crippen LogP contribution in [-0.2, 0) is 19.4 Å². The van der Waals surface area contributed by atoms with Crippen LogP contribution in [0.2, 0.25) is 0 Å². The largest absolute Gasteiger partial charge is 0.456 e. The number of alkyl halides is 2. The fourth-order valence-electron chi connectivity index (χ4n) is 2.26. The maximum atomic E-state index is 12.8. The summed E-state index contributed by atoms with van der Waals surface area (Å²) in [7, 11) is -3.03. The Labute approximate surface area is 104 Å². The Morgan fingerprint density at radius 3 is 2.61 bits per heavy atom. The number of halogens is 2. The molecule has 0 aromatic rings. The third-order valence-electron chi connectivity index (χ3n) is 3.26. The van der Waals surface area contributed by atoms with Gasteiger partial charge in [0.2, 0.25) is 0 Å². The van der Waals surface area contributed by atoms with Gasteiger partial charge in [-0.3, -0.25) is 0 Å². The average Bonchev–Trinajstić information content (AvgIpc) is 2.69. The number of hydrogen-bond acceptors (Lipinski definition) is 5. The molecule has 2 aliphatic heterocycles. The van der Waals surface area contributed by atoms with E-state index in [1.165, 1.54) is 0 Å². The highest BCUT2D eigenvalue weighted by Crippen LogP contribution is 2.30. The van der Waals surface area contributed by atoms with Crippen molar-refractivity contribution in [3.05, 3.63) is 0 Å². The van der Waals surface area contributed by atoms with E-state index < -0.39 is 39.5 Å². The van der Waals surface area contributed by atoms with Gasteiger partial charge in [0.15, 0.2) is 9.84 Å². The lowest BCUT2D eigenvalue weighted by Gasteiger charge is -2.13. The van der Waals surface area contributed by atoms with Crippen LogP contribution < -0.4 is 5.32 Å². The lowest BCUT2D eigenvalue weighted by atomic mass is 10.2. The quantitative estimate of drug-likeness (QED) is 0.741. The van der Waals surface area contributed by atoms with Crippen LogP contribution in [0, 0.1) is 0 Å². The number of cyclic esters (lactones) is 1. The molecule has 0 amide bonds. The molecule has 2 heterocycles. The van der Waals surface area contributed by atoms with Crippen molar-refractivity contribution in [2.75, 3.05) is 18.8 Å². The minimum Gasteiger partial charge on any atom is -0.456 e. The molecule has 8 heteroatoms. The van der Waals surface area contributed by atoms with Crippen LogP contribution >= 0.6 is 0 Å². The van der Waals surface area contributed by atoms with E-state index in [9.17, 15) is 22.0 Å². The minimum atomic E-state index is -3.41. The Hall–Kier alpha value is -0.760. The number of sulfone groups is 1. The van der Waals surface area contributed by atoms with Gasteiger partial charge in [-0.05, 0) is 12.8 Å². The van der Waals surface area contributed by atoms with Gasteiger partial charge in [0, 0.05) is 13.1 Å². The lowest BCUT2D eigenvalue weighted by Crippen LogP contribution is -2.35. The van der Waals surface area contributed by atoms with Crippen LogP contribution in [0.4, 0.5) is 8.78 Å². The summed E-state index contributed by atoms with van der Waals surface area (Å²) in [5.41, 5.74) is 0. The summed E-state index contributed by atoms with van der Waals surface area (Å²) in [5.74, 6) is -4.72. The third-order valence-corrected chi connectivity index (χ3v) is 5.54. The zero-order valence-corrected chi connectivity index (χ0v) is 10.5. The minimum absolute atomic E-state index is 0.0628. The molecule has 2 rings (SSSR count). The van der Waals surface area contributed by atoms with E-state index in [1.54, 1.807) is 0 Å². The summed E-state index contributed by atoms with van der Waals surface area (Å²) in [5, 5.41) is 2.34. The van der Waals surface area contributed by atoms with Crippen molar-refractivity contribution in [1.82, 2.24) is 5.32 Å². The summed E-state index contributed by atoms with van der Waals surface area (Å²) in [4.78, 5) is 10.7. The number of hydrogen-bond donors (Lipinski definition) is 1. The lowest BCUT2D eigenvalue weighted by molar-refractivity contribution is -0.159. The molecule has 0 aromatic heterocycles. The predicted molar refractivity (Wildman–Crippen MR) is 59.1 cm³/mol. The Kier molecular flexibility index (Phi) is 3.59. The van der Waals surface area contributed by atoms with Crippen LogP contribution in [-0.4, -0.2) is 50.5 Å². The fourth-order valence-corrected chi connectivity index (χ4v) is 4.06. The maximum absolute atomic E-state index is 12.8. The normalized spacial score (nSPS) is 33.6. The van der Waals surface area contributed by atoms with Gasteiger partial charge in [0.1, 0.15) is 6.10 Å². The van der Waals surface area contributed by atoms with Crippen molar-refractivity contribution in [1.29, 1.82) is 0 Å². The van der Waals surface area contributed by atoms with Crippen LogP contribution in [0.25, 0.3) is 0 Å². The Morgan fingerprint density at radius 2 is 2.11 bits per heavy atom. The molecule has 1 N–H and O–H groups in total. The molecule has 0 bridgehead atoms. The van der Waals surface area contributed by atoms with Crippen LogP contribution in [0.3, 0.4) is 0 Å². The molecule has 0 aromatic carbocycles. The monoisotopic (exact) mass is 283 g/mol. The molecule has 2 atom stereocenters. The SMILES string of the molecule is O=C1OC(CNCC2CCCS2(=O)=O)CC1(F)F. The smallest absolute Gasteiger partial charge is 0.377 e. The highest BCUT2D eigenvalue weighted by molar-refractivity contribution is 7.92. The van der Waals surface area contributed by atoms with Gasteiger partial charge in [0.05, 0.1) is 17.4 Å². The molecule has 18 heavy (non-hydrogen) atoms. The number of rotatable bonds is 4. The van der Waals surface area contributed by atoms with Crippen LogP contribution in [0.15, 0.2) is 0 Å². The highest BCUT2D eigenvalue weighted by Gasteiger charge is 2.50. The average molecular weight is 283 g/mol. The number of carbonyl (C=O) groups is 1. The van der Waals surface area contributed by atoms with Crippen LogP contribution in [0.1, 0.15) is 19.3 Å². The third kappa shape index (κ3) is 2.80. The van der Waals surface area contributed by atoms with E-state index in [-0.39, 0.29) is 18.8 Å². The van der Waals surface area contributed by atoms with Crippen molar-refractivity contribution in [2.24, 2.45) is 0 Å². The molecular formula is C10H15F2NO4S. The van der Waals surface area contributed by atoms with E-state index in [0.29, 0.717) is 12.8 Å². The van der Waals surface area contributed by atoms with Crippen molar-refractivity contribution in [3.8, 4) is 0 Å². The van der Waals surface area contributed by atoms with Crippen molar-refractivity contribution in [2.45, 2.75) is 36.5 Å². The first-order valence-corrected chi connectivity index (χ1v) is 7.54. The molecule has 0 aliphatic carbocycles. The van der Waals surface area contributed by atoms with Gasteiger partial charge in [-0.15, -0.1) is 0 Å². The van der Waals surface area contributed by atoms with Crippen molar-refractivity contribution in [3.63, 3.8) is 0 Å². The van der Waals surface area contributed by atoms with E-state index in [2.05, 4.69) is 10.1 Å². The molecular weight excluding hydrogens is 268 g/mol. The molecule has 2 aliphatic rings. The molecule has 2 saturated heterocycles. The molecule has 0 saturated carbocycles. The van der Waals surface area contributed by atoms with Crippen LogP contribution in [0.5, 0.6) is 0 Å². The first kappa shape index (κ1) is 13.7. The standard InChI is InChI=1S/C10H15F2NO4S/c11-10(12)4-7(17-9(10)14)5-13-6-8-2-1-3-18(8,15)16/h7-8,13H,1-6H2. The van der Waals surface area contributed by atoms with Gasteiger partial charge < -0.3 is 10.1 Å². The van der Waals surface area contributed by atoms with Crippen molar-refractivity contribution < 1.29 is 26.7 Å². The first-order chi connectivity index (χ1) is 8.31. The summed E-state index contributed by atoms with van der Waals surface area (Å²) in [6, 6.07) is 0. The second-order valence-corrected chi connectivity index (χ2v) is 7.13. The van der Waals surface area contributed by atoms with E-state index >= 15 is 0 Å². The summed E-state index contributed by atoms with van der Waals surface area (Å²) >= 11 is 0. The number of esters is 1. The van der Waals surface area contributed by atoms with E-state index in [0.717, 1.165) is 0 Å². The second kappa shape index (κ2) is 4.73. The first-order valence-electron chi connectivity index (χ1n) is 5.82. The Morgan fingerprint density at radius 1 is 1.39 bits per heavy atom. The molecule has 2 fully saturated rings. The molecule has 104 valence electrons. The van der Waals surface area contributed by atoms with Gasteiger partial charge in [-0.25, -0.2) is 13.2 Å². The maximum Gasteiger partial charge on any atom is 0.377 e. The second-order valence-electron chi connectivity index (χ2n) is 4.73. The van der Waals surface area contributed by atoms with Gasteiger partial charge in [-0.2, -0.15) is 8.78 Å². The summed E-state index contributed by atoms with van der Waals surface area (Å²) in [6.07, 6.45) is -0.284. The topological polar surface area (TPSA) is 72.5 Å². The Bertz CT molecular complexity index is 437. The number of nitrogens with one attached hydrogen (secondary N) is 1. The predicted octanol–water partition coefficient (Wildman–Crippen LogP) is 0.104. The molecule has 2 unspecified atom stereocenters. The van der Waals surface area contributed by atoms with E-state index in [4.69, 9.17) is 0 Å². The zero-order chi connectivity index (χ0) is 13.4. The fraction of sp³-hybridized carbons (Fsp3) is 0.900.